The van der Waals surface area contributed by atoms with Crippen molar-refractivity contribution < 1.29 is 24.2 Å². The van der Waals surface area contributed by atoms with Gasteiger partial charge in [0.15, 0.2) is 0 Å². The number of hydrogen-bond acceptors (Lipinski definition) is 4. The lowest BCUT2D eigenvalue weighted by Gasteiger charge is -2.38. The van der Waals surface area contributed by atoms with E-state index in [2.05, 4.69) is 10.3 Å². The van der Waals surface area contributed by atoms with Gasteiger partial charge in [0, 0.05) is 41.1 Å². The summed E-state index contributed by atoms with van der Waals surface area (Å²) in [4.78, 5) is 43.9. The van der Waals surface area contributed by atoms with Crippen molar-refractivity contribution in [2.75, 3.05) is 30.0 Å². The SMILES string of the molecule is CC(C)(C)N(C(=O)O)C(Cc1cc2ccccc2[nH]1)C(=O)Nc1ccc(N2CCOCC2=O)cc1. The van der Waals surface area contributed by atoms with E-state index < -0.39 is 23.6 Å². The molecule has 0 saturated carbocycles. The normalized spacial score (nSPS) is 15.2. The summed E-state index contributed by atoms with van der Waals surface area (Å²) in [7, 11) is 0. The molecule has 3 aromatic rings. The number of para-hydroxylation sites is 1. The predicted molar refractivity (Wildman–Crippen MR) is 134 cm³/mol. The molecule has 1 aliphatic heterocycles. The van der Waals surface area contributed by atoms with Crippen molar-refractivity contribution in [2.45, 2.75) is 38.8 Å². The first-order chi connectivity index (χ1) is 16.6. The lowest BCUT2D eigenvalue weighted by atomic mass is 9.99. The molecule has 1 atom stereocenters. The predicted octanol–water partition coefficient (Wildman–Crippen LogP) is 3.86. The van der Waals surface area contributed by atoms with Gasteiger partial charge >= 0.3 is 6.09 Å². The maximum absolute atomic E-state index is 13.5. The summed E-state index contributed by atoms with van der Waals surface area (Å²) in [5.41, 5.74) is 2.11. The molecule has 2 heterocycles. The minimum atomic E-state index is -1.17. The Hall–Kier alpha value is -3.85. The van der Waals surface area contributed by atoms with E-state index in [1.165, 1.54) is 4.90 Å². The molecule has 1 saturated heterocycles. The molecule has 1 unspecified atom stereocenters. The fraction of sp³-hybridized carbons (Fsp3) is 0.346. The molecule has 0 aliphatic carbocycles. The number of fused-ring (bicyclic) bond motifs is 1. The van der Waals surface area contributed by atoms with Crippen molar-refractivity contribution in [1.82, 2.24) is 9.88 Å². The van der Waals surface area contributed by atoms with Gasteiger partial charge in [0.05, 0.1) is 6.61 Å². The maximum Gasteiger partial charge on any atom is 0.408 e. The van der Waals surface area contributed by atoms with E-state index in [1.54, 1.807) is 49.9 Å². The first kappa shape index (κ1) is 24.3. The fourth-order valence-corrected chi connectivity index (χ4v) is 4.38. The molecule has 9 nitrogen and oxygen atoms in total. The van der Waals surface area contributed by atoms with Crippen LogP contribution in [0.2, 0.25) is 0 Å². The maximum atomic E-state index is 13.5. The lowest BCUT2D eigenvalue weighted by molar-refractivity contribution is -0.125. The Morgan fingerprint density at radius 3 is 2.51 bits per heavy atom. The number of carbonyl (C=O) groups is 3. The van der Waals surface area contributed by atoms with E-state index in [-0.39, 0.29) is 18.9 Å². The van der Waals surface area contributed by atoms with Crippen LogP contribution in [0.15, 0.2) is 54.6 Å². The van der Waals surface area contributed by atoms with Crippen molar-refractivity contribution in [1.29, 1.82) is 0 Å². The van der Waals surface area contributed by atoms with Crippen molar-refractivity contribution in [2.24, 2.45) is 0 Å². The largest absolute Gasteiger partial charge is 0.465 e. The Morgan fingerprint density at radius 1 is 1.17 bits per heavy atom. The number of carbonyl (C=O) groups excluding carboxylic acids is 2. The minimum Gasteiger partial charge on any atom is -0.465 e. The molecule has 9 heteroatoms. The number of anilines is 2. The van der Waals surface area contributed by atoms with Gasteiger partial charge < -0.3 is 25.0 Å². The summed E-state index contributed by atoms with van der Waals surface area (Å²) in [6, 6.07) is 15.6. The summed E-state index contributed by atoms with van der Waals surface area (Å²) >= 11 is 0. The second-order valence-corrected chi connectivity index (χ2v) is 9.56. The molecule has 0 bridgehead atoms. The number of aromatic amines is 1. The molecular formula is C26H30N4O5. The van der Waals surface area contributed by atoms with Crippen LogP contribution in [0.4, 0.5) is 16.2 Å². The van der Waals surface area contributed by atoms with Gasteiger partial charge in [0.25, 0.3) is 5.91 Å². The quantitative estimate of drug-likeness (QED) is 0.498. The van der Waals surface area contributed by atoms with Crippen LogP contribution in [0, 0.1) is 0 Å². The number of amides is 3. The van der Waals surface area contributed by atoms with E-state index in [1.807, 2.05) is 30.3 Å². The van der Waals surface area contributed by atoms with Crippen LogP contribution < -0.4 is 10.2 Å². The third-order valence-electron chi connectivity index (χ3n) is 5.97. The Labute approximate surface area is 203 Å². The van der Waals surface area contributed by atoms with Gasteiger partial charge in [-0.2, -0.15) is 0 Å². The highest BCUT2D eigenvalue weighted by Gasteiger charge is 2.38. The molecule has 0 spiro atoms. The molecule has 3 amide bonds. The molecule has 1 aromatic heterocycles. The third-order valence-corrected chi connectivity index (χ3v) is 5.97. The molecule has 35 heavy (non-hydrogen) atoms. The van der Waals surface area contributed by atoms with Gasteiger partial charge in [-0.1, -0.05) is 18.2 Å². The smallest absolute Gasteiger partial charge is 0.408 e. The number of nitrogens with zero attached hydrogens (tertiary/aromatic N) is 2. The van der Waals surface area contributed by atoms with Crippen LogP contribution in [-0.4, -0.2) is 64.2 Å². The molecule has 0 radical (unpaired) electrons. The zero-order valence-corrected chi connectivity index (χ0v) is 20.1. The van der Waals surface area contributed by atoms with Crippen LogP contribution in [0.5, 0.6) is 0 Å². The van der Waals surface area contributed by atoms with E-state index >= 15 is 0 Å². The Kier molecular flexibility index (Phi) is 6.79. The summed E-state index contributed by atoms with van der Waals surface area (Å²) in [5, 5.41) is 13.9. The number of rotatable bonds is 6. The van der Waals surface area contributed by atoms with Gasteiger partial charge in [-0.15, -0.1) is 0 Å². The van der Waals surface area contributed by atoms with Crippen LogP contribution >= 0.6 is 0 Å². The number of aromatic nitrogens is 1. The van der Waals surface area contributed by atoms with Gasteiger partial charge in [-0.05, 0) is 62.6 Å². The van der Waals surface area contributed by atoms with Crippen molar-refractivity contribution in [3.05, 3.63) is 60.3 Å². The lowest BCUT2D eigenvalue weighted by Crippen LogP contribution is -2.56. The minimum absolute atomic E-state index is 0.0474. The van der Waals surface area contributed by atoms with Crippen molar-refractivity contribution >= 4 is 40.2 Å². The summed E-state index contributed by atoms with van der Waals surface area (Å²) in [5.74, 6) is -0.551. The summed E-state index contributed by atoms with van der Waals surface area (Å²) in [6.07, 6.45) is -0.986. The Morgan fingerprint density at radius 2 is 1.89 bits per heavy atom. The average molecular weight is 479 g/mol. The van der Waals surface area contributed by atoms with Gasteiger partial charge in [0.1, 0.15) is 12.6 Å². The number of morpholine rings is 1. The molecule has 1 aliphatic rings. The molecule has 184 valence electrons. The topological polar surface area (TPSA) is 115 Å². The van der Waals surface area contributed by atoms with E-state index in [4.69, 9.17) is 4.74 Å². The zero-order chi connectivity index (χ0) is 25.2. The monoisotopic (exact) mass is 478 g/mol. The second-order valence-electron chi connectivity index (χ2n) is 9.56. The first-order valence-corrected chi connectivity index (χ1v) is 11.5. The fourth-order valence-electron chi connectivity index (χ4n) is 4.38. The molecule has 3 N–H and O–H groups in total. The van der Waals surface area contributed by atoms with Gasteiger partial charge in [-0.25, -0.2) is 4.79 Å². The summed E-state index contributed by atoms with van der Waals surface area (Å²) < 4.78 is 5.17. The molecular weight excluding hydrogens is 448 g/mol. The van der Waals surface area contributed by atoms with E-state index in [0.717, 1.165) is 16.6 Å². The second kappa shape index (κ2) is 9.79. The van der Waals surface area contributed by atoms with Gasteiger partial charge in [0.2, 0.25) is 5.91 Å². The zero-order valence-electron chi connectivity index (χ0n) is 20.1. The number of nitrogens with one attached hydrogen (secondary N) is 2. The Balaban J connectivity index is 1.58. The van der Waals surface area contributed by atoms with Crippen molar-refractivity contribution in [3.63, 3.8) is 0 Å². The van der Waals surface area contributed by atoms with Crippen LogP contribution in [0.1, 0.15) is 26.5 Å². The van der Waals surface area contributed by atoms with Crippen LogP contribution in [-0.2, 0) is 20.7 Å². The van der Waals surface area contributed by atoms with Crippen LogP contribution in [0.25, 0.3) is 10.9 Å². The number of H-pyrrole nitrogens is 1. The standard InChI is InChI=1S/C26H30N4O5/c1-26(2,3)30(25(33)34)22(15-19-14-17-6-4-5-7-21(17)27-19)24(32)28-18-8-10-20(11-9-18)29-12-13-35-16-23(29)31/h4-11,14,22,27H,12-13,15-16H2,1-3H3,(H,28,32)(H,33,34). The third kappa shape index (κ3) is 5.46. The number of hydrogen-bond donors (Lipinski definition) is 3. The Bertz CT molecular complexity index is 1200. The molecule has 1 fully saturated rings. The number of ether oxygens (including phenoxy) is 1. The van der Waals surface area contributed by atoms with E-state index in [0.29, 0.717) is 24.5 Å². The van der Waals surface area contributed by atoms with Gasteiger partial charge in [-0.3, -0.25) is 14.5 Å². The van der Waals surface area contributed by atoms with Crippen molar-refractivity contribution in [3.8, 4) is 0 Å². The van der Waals surface area contributed by atoms with E-state index in [9.17, 15) is 19.5 Å². The summed E-state index contributed by atoms with van der Waals surface area (Å²) in [6.45, 7) is 6.28. The number of carboxylic acid groups (broad SMARTS) is 1. The highest BCUT2D eigenvalue weighted by Crippen LogP contribution is 2.25. The molecule has 4 rings (SSSR count). The highest BCUT2D eigenvalue weighted by molar-refractivity contribution is 5.98. The average Bonchev–Trinajstić information content (AvgIpc) is 3.21. The number of benzene rings is 2. The molecule has 2 aromatic carbocycles. The highest BCUT2D eigenvalue weighted by atomic mass is 16.5. The van der Waals surface area contributed by atoms with Crippen LogP contribution in [0.3, 0.4) is 0 Å². The first-order valence-electron chi connectivity index (χ1n) is 11.5.